The van der Waals surface area contributed by atoms with Crippen molar-refractivity contribution in [3.63, 3.8) is 0 Å². The van der Waals surface area contributed by atoms with Crippen LogP contribution in [0, 0.1) is 6.92 Å². The molecule has 4 heterocycles. The molecule has 3 N–H and O–H groups in total. The van der Waals surface area contributed by atoms with E-state index in [-0.39, 0.29) is 36.5 Å². The number of aromatic nitrogens is 1. The summed E-state index contributed by atoms with van der Waals surface area (Å²) in [5.41, 5.74) is 3.84. The predicted octanol–water partition coefficient (Wildman–Crippen LogP) is 3.16. The lowest BCUT2D eigenvalue weighted by Gasteiger charge is -2.45. The lowest BCUT2D eigenvalue weighted by atomic mass is 9.92. The predicted molar refractivity (Wildman–Crippen MR) is 161 cm³/mol. The Morgan fingerprint density at radius 1 is 1.14 bits per heavy atom. The Bertz CT molecular complexity index is 1470. The number of aryl methyl sites for hydroxylation is 1. The Kier molecular flexibility index (Phi) is 9.15. The molecule has 3 aliphatic rings. The number of carbonyl (C=O) groups excluding carboxylic acids is 2. The van der Waals surface area contributed by atoms with Crippen LogP contribution in [0.1, 0.15) is 69.5 Å². The highest BCUT2D eigenvalue weighted by Crippen LogP contribution is 2.31. The number of hydrogen-bond donors (Lipinski definition) is 3. The minimum Gasteiger partial charge on any atom is -0.493 e. The molecule has 0 spiro atoms. The molecule has 2 bridgehead atoms. The number of nitrogens with zero attached hydrogens (tertiary/aromatic N) is 2. The second kappa shape index (κ2) is 13.4. The molecular weight excluding hydrogens is 564 g/mol. The highest BCUT2D eigenvalue weighted by molar-refractivity contribution is 6.00. The highest BCUT2D eigenvalue weighted by Gasteiger charge is 2.38. The van der Waals surface area contributed by atoms with Crippen LogP contribution in [-0.2, 0) is 24.3 Å². The Morgan fingerprint density at radius 2 is 1.95 bits per heavy atom. The summed E-state index contributed by atoms with van der Waals surface area (Å²) in [6.45, 7) is 6.12. The number of amides is 2. The number of piperidine rings is 1. The summed E-state index contributed by atoms with van der Waals surface area (Å²) >= 11 is 0. The van der Waals surface area contributed by atoms with Gasteiger partial charge in [0.1, 0.15) is 18.1 Å². The van der Waals surface area contributed by atoms with E-state index in [4.69, 9.17) is 18.6 Å². The van der Waals surface area contributed by atoms with E-state index in [1.807, 2.05) is 36.9 Å². The summed E-state index contributed by atoms with van der Waals surface area (Å²) in [5.74, 6) is 1.36. The lowest BCUT2D eigenvalue weighted by Crippen LogP contribution is -2.57. The summed E-state index contributed by atoms with van der Waals surface area (Å²) in [4.78, 5) is 32.8. The van der Waals surface area contributed by atoms with E-state index in [0.717, 1.165) is 41.8 Å². The smallest absolute Gasteiger partial charge is 0.255 e. The van der Waals surface area contributed by atoms with Gasteiger partial charge in [0, 0.05) is 24.7 Å². The molecule has 0 radical (unpaired) electrons. The van der Waals surface area contributed by atoms with Crippen LogP contribution < -0.4 is 20.1 Å². The molecule has 2 aromatic carbocycles. The SMILES string of the molecule is CCOc1cc(C(=O)N2C3CCCC2COC3)ccc1C(=O)NC[C@@H](O)[C@@H]1Cc2ccc(OCc3ocnc3C)cc2CN1. The van der Waals surface area contributed by atoms with Crippen LogP contribution in [0.25, 0.3) is 0 Å². The molecule has 3 aromatic rings. The fourth-order valence-electron chi connectivity index (χ4n) is 6.36. The minimum absolute atomic E-state index is 0.0569. The summed E-state index contributed by atoms with van der Waals surface area (Å²) < 4.78 is 22.7. The van der Waals surface area contributed by atoms with Gasteiger partial charge in [0.15, 0.2) is 12.2 Å². The number of rotatable bonds is 10. The number of benzene rings is 2. The van der Waals surface area contributed by atoms with Gasteiger partial charge < -0.3 is 39.3 Å². The van der Waals surface area contributed by atoms with Crippen LogP contribution in [0.3, 0.4) is 0 Å². The number of fused-ring (bicyclic) bond motifs is 3. The molecule has 6 rings (SSSR count). The second-order valence-electron chi connectivity index (χ2n) is 11.7. The first-order valence-corrected chi connectivity index (χ1v) is 15.4. The second-order valence-corrected chi connectivity index (χ2v) is 11.7. The van der Waals surface area contributed by atoms with Crippen molar-refractivity contribution in [3.8, 4) is 11.5 Å². The van der Waals surface area contributed by atoms with Crippen LogP contribution in [-0.4, -0.2) is 77.4 Å². The third-order valence-corrected chi connectivity index (χ3v) is 8.81. The number of morpholine rings is 1. The summed E-state index contributed by atoms with van der Waals surface area (Å²) in [5, 5.41) is 17.2. The third-order valence-electron chi connectivity index (χ3n) is 8.81. The topological polar surface area (TPSA) is 135 Å². The maximum atomic E-state index is 13.5. The van der Waals surface area contributed by atoms with Gasteiger partial charge in [-0.3, -0.25) is 9.59 Å². The van der Waals surface area contributed by atoms with Gasteiger partial charge in [-0.2, -0.15) is 0 Å². The number of oxazole rings is 1. The first-order valence-electron chi connectivity index (χ1n) is 15.4. The largest absolute Gasteiger partial charge is 0.493 e. The normalized spacial score (nSPS) is 21.7. The van der Waals surface area contributed by atoms with Gasteiger partial charge in [-0.05, 0) is 81.0 Å². The molecule has 2 amide bonds. The van der Waals surface area contributed by atoms with E-state index in [0.29, 0.717) is 62.0 Å². The van der Waals surface area contributed by atoms with Crippen LogP contribution in [0.15, 0.2) is 47.2 Å². The summed E-state index contributed by atoms with van der Waals surface area (Å²) in [7, 11) is 0. The first-order chi connectivity index (χ1) is 21.4. The molecule has 3 aliphatic heterocycles. The summed E-state index contributed by atoms with van der Waals surface area (Å²) in [6.07, 6.45) is 4.18. The van der Waals surface area contributed by atoms with Gasteiger partial charge in [0.05, 0.1) is 49.3 Å². The monoisotopic (exact) mass is 604 g/mol. The highest BCUT2D eigenvalue weighted by atomic mass is 16.5. The van der Waals surface area contributed by atoms with Crippen molar-refractivity contribution in [2.24, 2.45) is 0 Å². The molecule has 234 valence electrons. The number of nitrogens with one attached hydrogen (secondary N) is 2. The Morgan fingerprint density at radius 3 is 2.70 bits per heavy atom. The van der Waals surface area contributed by atoms with Gasteiger partial charge in [0.25, 0.3) is 11.8 Å². The zero-order chi connectivity index (χ0) is 30.6. The molecule has 11 nitrogen and oxygen atoms in total. The van der Waals surface area contributed by atoms with Crippen molar-refractivity contribution < 1.29 is 33.3 Å². The van der Waals surface area contributed by atoms with E-state index >= 15 is 0 Å². The lowest BCUT2D eigenvalue weighted by molar-refractivity contribution is -0.0566. The first kappa shape index (κ1) is 30.1. The van der Waals surface area contributed by atoms with Gasteiger partial charge in [-0.1, -0.05) is 6.07 Å². The number of ether oxygens (including phenoxy) is 3. The fraction of sp³-hybridized carbons (Fsp3) is 0.485. The van der Waals surface area contributed by atoms with E-state index in [1.165, 1.54) is 6.39 Å². The zero-order valence-electron chi connectivity index (χ0n) is 25.2. The van der Waals surface area contributed by atoms with Crippen molar-refractivity contribution in [1.82, 2.24) is 20.5 Å². The van der Waals surface area contributed by atoms with Crippen LogP contribution >= 0.6 is 0 Å². The van der Waals surface area contributed by atoms with Crippen molar-refractivity contribution in [2.45, 2.75) is 76.9 Å². The maximum Gasteiger partial charge on any atom is 0.255 e. The quantitative estimate of drug-likeness (QED) is 0.319. The minimum atomic E-state index is -0.811. The van der Waals surface area contributed by atoms with Crippen molar-refractivity contribution >= 4 is 11.8 Å². The molecule has 1 aromatic heterocycles. The molecule has 44 heavy (non-hydrogen) atoms. The van der Waals surface area contributed by atoms with Gasteiger partial charge in [-0.25, -0.2) is 4.98 Å². The third kappa shape index (κ3) is 6.45. The van der Waals surface area contributed by atoms with E-state index in [2.05, 4.69) is 15.6 Å². The average Bonchev–Trinajstić information content (AvgIpc) is 3.45. The van der Waals surface area contributed by atoms with E-state index in [9.17, 15) is 14.7 Å². The number of carbonyl (C=O) groups is 2. The fourth-order valence-corrected chi connectivity index (χ4v) is 6.36. The van der Waals surface area contributed by atoms with Crippen LogP contribution in [0.5, 0.6) is 11.5 Å². The molecule has 2 unspecified atom stereocenters. The van der Waals surface area contributed by atoms with Crippen LogP contribution in [0.4, 0.5) is 0 Å². The number of hydrogen-bond acceptors (Lipinski definition) is 9. The van der Waals surface area contributed by atoms with E-state index in [1.54, 1.807) is 18.2 Å². The van der Waals surface area contributed by atoms with Crippen molar-refractivity contribution in [1.29, 1.82) is 0 Å². The zero-order valence-corrected chi connectivity index (χ0v) is 25.2. The van der Waals surface area contributed by atoms with Crippen molar-refractivity contribution in [2.75, 3.05) is 26.4 Å². The number of aliphatic hydroxyl groups excluding tert-OH is 1. The standard InChI is InChI=1S/C33H40N4O7/c1-3-42-30-13-22(33(40)37-24-5-4-6-25(37)17-41-16-24)8-10-27(30)32(39)35-15-29(38)28-12-21-7-9-26(11-23(21)14-34-28)43-18-31-20(2)36-19-44-31/h7-11,13,19,24-25,28-29,34,38H,3-6,12,14-18H2,1-2H3,(H,35,39)/t24?,25?,28-,29+/m0/s1. The molecule has 2 saturated heterocycles. The Balaban J connectivity index is 1.05. The molecule has 2 fully saturated rings. The van der Waals surface area contributed by atoms with Gasteiger partial charge in [0.2, 0.25) is 0 Å². The van der Waals surface area contributed by atoms with Gasteiger partial charge in [-0.15, -0.1) is 0 Å². The Hall–Kier alpha value is -3.93. The molecule has 4 atom stereocenters. The molecule has 11 heteroatoms. The average molecular weight is 605 g/mol. The maximum absolute atomic E-state index is 13.5. The molecule has 0 saturated carbocycles. The summed E-state index contributed by atoms with van der Waals surface area (Å²) in [6, 6.07) is 10.8. The molecule has 0 aliphatic carbocycles. The van der Waals surface area contributed by atoms with E-state index < -0.39 is 6.10 Å². The van der Waals surface area contributed by atoms with Crippen molar-refractivity contribution in [3.05, 3.63) is 76.5 Å². The van der Waals surface area contributed by atoms with Crippen LogP contribution in [0.2, 0.25) is 0 Å². The van der Waals surface area contributed by atoms with Gasteiger partial charge >= 0.3 is 0 Å². The Labute approximate surface area is 256 Å². The number of aliphatic hydroxyl groups is 1. The molecular formula is C33H40N4O7.